The number of hydrogen-bond acceptors (Lipinski definition) is 2. The van der Waals surface area contributed by atoms with Crippen LogP contribution < -0.4 is 11.1 Å². The van der Waals surface area contributed by atoms with Crippen LogP contribution >= 0.6 is 12.4 Å². The van der Waals surface area contributed by atoms with Gasteiger partial charge in [0.15, 0.2) is 0 Å². The number of nitrogens with two attached hydrogens (primary N) is 1. The molecule has 1 amide bonds. The predicted molar refractivity (Wildman–Crippen MR) is 80.5 cm³/mol. The molecule has 104 valence electrons. The molecular formula is C14H20ClN3O. The molecule has 0 bridgehead atoms. The summed E-state index contributed by atoms with van der Waals surface area (Å²) in [6.45, 7) is 6.35. The van der Waals surface area contributed by atoms with Crippen LogP contribution in [0.3, 0.4) is 0 Å². The molecular weight excluding hydrogens is 262 g/mol. The van der Waals surface area contributed by atoms with Crippen LogP contribution in [-0.4, -0.2) is 16.9 Å². The fourth-order valence-corrected chi connectivity index (χ4v) is 1.97. The second kappa shape index (κ2) is 6.08. The van der Waals surface area contributed by atoms with E-state index in [1.54, 1.807) is 6.92 Å². The van der Waals surface area contributed by atoms with Crippen LogP contribution in [-0.2, 0) is 11.3 Å². The fourth-order valence-electron chi connectivity index (χ4n) is 1.97. The third-order valence-corrected chi connectivity index (χ3v) is 3.25. The first-order chi connectivity index (χ1) is 8.49. The number of hydrogen-bond donors (Lipinski definition) is 3. The van der Waals surface area contributed by atoms with Crippen LogP contribution in [0.4, 0.5) is 0 Å². The standard InChI is InChI=1S/C14H19N3O.ClH/c1-8-10(3)17-13-5-4-11(6-12(8)13)7-16-14(18)9(2)15;/h4-6,9,17H,7,15H2,1-3H3,(H,16,18);1H/t9-;/m1./s1. The third kappa shape index (κ3) is 3.28. The van der Waals surface area contributed by atoms with Gasteiger partial charge < -0.3 is 16.0 Å². The molecule has 2 rings (SSSR count). The summed E-state index contributed by atoms with van der Waals surface area (Å²) < 4.78 is 0. The maximum absolute atomic E-state index is 11.4. The van der Waals surface area contributed by atoms with Gasteiger partial charge in [0.05, 0.1) is 6.04 Å². The molecule has 0 radical (unpaired) electrons. The van der Waals surface area contributed by atoms with Gasteiger partial charge in [-0.15, -0.1) is 12.4 Å². The largest absolute Gasteiger partial charge is 0.358 e. The topological polar surface area (TPSA) is 70.9 Å². The van der Waals surface area contributed by atoms with E-state index in [0.29, 0.717) is 6.54 Å². The van der Waals surface area contributed by atoms with Gasteiger partial charge in [-0.25, -0.2) is 0 Å². The molecule has 19 heavy (non-hydrogen) atoms. The summed E-state index contributed by atoms with van der Waals surface area (Å²) in [4.78, 5) is 14.7. The van der Waals surface area contributed by atoms with Gasteiger partial charge in [0.25, 0.3) is 0 Å². The number of carbonyl (C=O) groups excluding carboxylic acids is 1. The maximum Gasteiger partial charge on any atom is 0.236 e. The van der Waals surface area contributed by atoms with Crippen molar-refractivity contribution in [2.24, 2.45) is 5.73 Å². The molecule has 4 nitrogen and oxygen atoms in total. The molecule has 1 aromatic carbocycles. The maximum atomic E-state index is 11.4. The van der Waals surface area contributed by atoms with Gasteiger partial charge in [-0.1, -0.05) is 6.07 Å². The SMILES string of the molecule is Cc1[nH]c2ccc(CNC(=O)[C@@H](C)N)cc2c1C.Cl. The van der Waals surface area contributed by atoms with Crippen LogP contribution in [0, 0.1) is 13.8 Å². The van der Waals surface area contributed by atoms with E-state index < -0.39 is 6.04 Å². The molecule has 0 fully saturated rings. The van der Waals surface area contributed by atoms with Crippen molar-refractivity contribution >= 4 is 29.2 Å². The Morgan fingerprint density at radius 2 is 2.11 bits per heavy atom. The lowest BCUT2D eigenvalue weighted by Crippen LogP contribution is -2.37. The Bertz CT molecular complexity index is 590. The molecule has 0 aliphatic heterocycles. The van der Waals surface area contributed by atoms with E-state index in [1.807, 2.05) is 12.1 Å². The molecule has 4 N–H and O–H groups in total. The summed E-state index contributed by atoms with van der Waals surface area (Å²) in [5.41, 5.74) is 10.2. The van der Waals surface area contributed by atoms with Crippen molar-refractivity contribution < 1.29 is 4.79 Å². The zero-order valence-electron chi connectivity index (χ0n) is 11.4. The van der Waals surface area contributed by atoms with Crippen molar-refractivity contribution in [2.45, 2.75) is 33.4 Å². The first kappa shape index (κ1) is 15.5. The minimum Gasteiger partial charge on any atom is -0.358 e. The Morgan fingerprint density at radius 3 is 2.74 bits per heavy atom. The number of aromatic nitrogens is 1. The second-order valence-corrected chi connectivity index (χ2v) is 4.76. The van der Waals surface area contributed by atoms with E-state index in [9.17, 15) is 4.79 Å². The van der Waals surface area contributed by atoms with Crippen molar-refractivity contribution in [1.82, 2.24) is 10.3 Å². The first-order valence-corrected chi connectivity index (χ1v) is 6.10. The van der Waals surface area contributed by atoms with Gasteiger partial charge in [0, 0.05) is 23.1 Å². The summed E-state index contributed by atoms with van der Waals surface area (Å²) in [5.74, 6) is -0.128. The number of fused-ring (bicyclic) bond motifs is 1. The third-order valence-electron chi connectivity index (χ3n) is 3.25. The van der Waals surface area contributed by atoms with Crippen LogP contribution in [0.5, 0.6) is 0 Å². The molecule has 0 saturated carbocycles. The highest BCUT2D eigenvalue weighted by Crippen LogP contribution is 2.22. The highest BCUT2D eigenvalue weighted by atomic mass is 35.5. The van der Waals surface area contributed by atoms with Crippen molar-refractivity contribution in [2.75, 3.05) is 0 Å². The van der Waals surface area contributed by atoms with E-state index >= 15 is 0 Å². The molecule has 0 spiro atoms. The number of amides is 1. The highest BCUT2D eigenvalue weighted by Gasteiger charge is 2.08. The van der Waals surface area contributed by atoms with E-state index in [4.69, 9.17) is 5.73 Å². The average Bonchev–Trinajstić information content (AvgIpc) is 2.62. The van der Waals surface area contributed by atoms with Crippen LogP contribution in [0.2, 0.25) is 0 Å². The summed E-state index contributed by atoms with van der Waals surface area (Å²) in [6.07, 6.45) is 0. The summed E-state index contributed by atoms with van der Waals surface area (Å²) in [7, 11) is 0. The lowest BCUT2D eigenvalue weighted by Gasteiger charge is -2.07. The van der Waals surface area contributed by atoms with Gasteiger partial charge >= 0.3 is 0 Å². The molecule has 0 saturated heterocycles. The Morgan fingerprint density at radius 1 is 1.42 bits per heavy atom. The molecule has 0 aliphatic rings. The van der Waals surface area contributed by atoms with Gasteiger partial charge in [0.1, 0.15) is 0 Å². The number of carbonyl (C=O) groups is 1. The van der Waals surface area contributed by atoms with E-state index in [0.717, 1.165) is 11.1 Å². The Hall–Kier alpha value is -1.52. The van der Waals surface area contributed by atoms with Crippen molar-refractivity contribution in [3.8, 4) is 0 Å². The lowest BCUT2D eigenvalue weighted by molar-refractivity contribution is -0.122. The molecule has 1 aromatic heterocycles. The Balaban J connectivity index is 0.00000180. The fraction of sp³-hybridized carbons (Fsp3) is 0.357. The average molecular weight is 282 g/mol. The normalized spacial score (nSPS) is 12.0. The Kier molecular flexibility index (Phi) is 4.97. The number of H-pyrrole nitrogens is 1. The van der Waals surface area contributed by atoms with Gasteiger partial charge in [-0.2, -0.15) is 0 Å². The molecule has 1 heterocycles. The second-order valence-electron chi connectivity index (χ2n) is 4.76. The molecule has 1 atom stereocenters. The summed E-state index contributed by atoms with van der Waals surface area (Å²) in [5, 5.41) is 4.02. The number of aromatic amines is 1. The molecule has 0 aliphatic carbocycles. The highest BCUT2D eigenvalue weighted by molar-refractivity contribution is 5.86. The van der Waals surface area contributed by atoms with Gasteiger partial charge in [-0.3, -0.25) is 4.79 Å². The van der Waals surface area contributed by atoms with Crippen molar-refractivity contribution in [3.05, 3.63) is 35.0 Å². The molecule has 2 aromatic rings. The zero-order valence-corrected chi connectivity index (χ0v) is 12.2. The Labute approximate surface area is 119 Å². The van der Waals surface area contributed by atoms with Gasteiger partial charge in [0.2, 0.25) is 5.91 Å². The van der Waals surface area contributed by atoms with E-state index in [1.165, 1.54) is 16.6 Å². The van der Waals surface area contributed by atoms with E-state index in [-0.39, 0.29) is 18.3 Å². The number of nitrogens with one attached hydrogen (secondary N) is 2. The van der Waals surface area contributed by atoms with Crippen LogP contribution in [0.1, 0.15) is 23.7 Å². The monoisotopic (exact) mass is 281 g/mol. The van der Waals surface area contributed by atoms with E-state index in [2.05, 4.69) is 30.2 Å². The van der Waals surface area contributed by atoms with Crippen molar-refractivity contribution in [3.63, 3.8) is 0 Å². The minimum atomic E-state index is -0.468. The van der Waals surface area contributed by atoms with Crippen molar-refractivity contribution in [1.29, 1.82) is 0 Å². The number of aryl methyl sites for hydroxylation is 2. The molecule has 0 unspecified atom stereocenters. The number of halogens is 1. The smallest absolute Gasteiger partial charge is 0.236 e. The van der Waals surface area contributed by atoms with Crippen LogP contribution in [0.15, 0.2) is 18.2 Å². The van der Waals surface area contributed by atoms with Crippen LogP contribution in [0.25, 0.3) is 10.9 Å². The minimum absolute atomic E-state index is 0. The number of rotatable bonds is 3. The quantitative estimate of drug-likeness (QED) is 0.807. The molecule has 5 heteroatoms. The summed E-state index contributed by atoms with van der Waals surface area (Å²) >= 11 is 0. The predicted octanol–water partition coefficient (Wildman–Crippen LogP) is 2.17. The first-order valence-electron chi connectivity index (χ1n) is 6.10. The zero-order chi connectivity index (χ0) is 13.3. The number of benzene rings is 1. The summed E-state index contributed by atoms with van der Waals surface area (Å²) in [6, 6.07) is 5.70. The van der Waals surface area contributed by atoms with Gasteiger partial charge in [-0.05, 0) is 44.0 Å². The lowest BCUT2D eigenvalue weighted by atomic mass is 10.1.